The zero-order valence-corrected chi connectivity index (χ0v) is 10.7. The second kappa shape index (κ2) is 4.68. The second-order valence-corrected chi connectivity index (χ2v) is 5.30. The molecule has 1 aromatic carbocycles. The Kier molecular flexibility index (Phi) is 3.45. The quantitative estimate of drug-likeness (QED) is 0.806. The smallest absolute Gasteiger partial charge is 0.224 e. The van der Waals surface area contributed by atoms with E-state index in [4.69, 9.17) is 11.6 Å². The fourth-order valence-corrected chi connectivity index (χ4v) is 2.56. The average molecular weight is 256 g/mol. The van der Waals surface area contributed by atoms with Crippen molar-refractivity contribution in [3.05, 3.63) is 34.9 Å². The number of hydrogen-bond donors (Lipinski definition) is 1. The maximum absolute atomic E-state index is 11.7. The van der Waals surface area contributed by atoms with E-state index in [2.05, 4.69) is 12.6 Å². The van der Waals surface area contributed by atoms with Gasteiger partial charge in [-0.15, -0.1) is 0 Å². The van der Waals surface area contributed by atoms with Crippen LogP contribution in [0.4, 0.5) is 0 Å². The summed E-state index contributed by atoms with van der Waals surface area (Å²) in [4.78, 5) is 13.6. The molecular weight excluding hydrogens is 242 g/mol. The molecule has 0 N–H and O–H groups in total. The Morgan fingerprint density at radius 1 is 1.56 bits per heavy atom. The van der Waals surface area contributed by atoms with E-state index >= 15 is 0 Å². The molecule has 1 aromatic rings. The van der Waals surface area contributed by atoms with Crippen molar-refractivity contribution < 1.29 is 4.79 Å². The lowest BCUT2D eigenvalue weighted by Gasteiger charge is -2.25. The molecule has 2 atom stereocenters. The normalized spacial score (nSPS) is 22.6. The Morgan fingerprint density at radius 2 is 2.31 bits per heavy atom. The SMILES string of the molecule is CC(c1cccc(Cl)c1)N1CC(S)CC1=O. The molecule has 1 heterocycles. The Bertz CT molecular complexity index is 410. The number of hydrogen-bond acceptors (Lipinski definition) is 2. The first-order valence-corrected chi connectivity index (χ1v) is 6.20. The van der Waals surface area contributed by atoms with Gasteiger partial charge in [-0.2, -0.15) is 12.6 Å². The monoisotopic (exact) mass is 255 g/mol. The van der Waals surface area contributed by atoms with Crippen molar-refractivity contribution in [2.45, 2.75) is 24.6 Å². The van der Waals surface area contributed by atoms with E-state index in [9.17, 15) is 4.79 Å². The van der Waals surface area contributed by atoms with Gasteiger partial charge in [-0.05, 0) is 24.6 Å². The molecule has 86 valence electrons. The van der Waals surface area contributed by atoms with E-state index in [0.717, 1.165) is 12.1 Å². The van der Waals surface area contributed by atoms with Crippen LogP contribution in [0.3, 0.4) is 0 Å². The standard InChI is InChI=1S/C12H14ClNOS/c1-8(9-3-2-4-10(13)5-9)14-7-11(16)6-12(14)15/h2-5,8,11,16H,6-7H2,1H3. The van der Waals surface area contributed by atoms with E-state index in [1.165, 1.54) is 0 Å². The molecule has 0 spiro atoms. The minimum absolute atomic E-state index is 0.0725. The van der Waals surface area contributed by atoms with Crippen LogP contribution in [-0.2, 0) is 4.79 Å². The summed E-state index contributed by atoms with van der Waals surface area (Å²) in [6, 6.07) is 7.72. The number of thiol groups is 1. The topological polar surface area (TPSA) is 20.3 Å². The predicted molar refractivity (Wildman–Crippen MR) is 69.0 cm³/mol. The number of benzene rings is 1. The Hall–Kier alpha value is -0.670. The zero-order chi connectivity index (χ0) is 11.7. The summed E-state index contributed by atoms with van der Waals surface area (Å²) in [5.74, 6) is 0.174. The van der Waals surface area contributed by atoms with Crippen LogP contribution in [0.25, 0.3) is 0 Å². The third kappa shape index (κ3) is 2.36. The van der Waals surface area contributed by atoms with E-state index in [1.54, 1.807) is 0 Å². The number of rotatable bonds is 2. The number of carbonyl (C=O) groups is 1. The van der Waals surface area contributed by atoms with E-state index in [0.29, 0.717) is 11.4 Å². The molecule has 0 bridgehead atoms. The van der Waals surface area contributed by atoms with Gasteiger partial charge in [-0.25, -0.2) is 0 Å². The summed E-state index contributed by atoms with van der Waals surface area (Å²) in [6.45, 7) is 2.74. The number of likely N-dealkylation sites (tertiary alicyclic amines) is 1. The molecule has 0 aromatic heterocycles. The molecule has 2 unspecified atom stereocenters. The first-order valence-electron chi connectivity index (χ1n) is 5.31. The number of nitrogens with zero attached hydrogens (tertiary/aromatic N) is 1. The van der Waals surface area contributed by atoms with Crippen molar-refractivity contribution in [2.75, 3.05) is 6.54 Å². The van der Waals surface area contributed by atoms with E-state index in [-0.39, 0.29) is 17.2 Å². The number of halogens is 1. The highest BCUT2D eigenvalue weighted by Crippen LogP contribution is 2.28. The zero-order valence-electron chi connectivity index (χ0n) is 9.06. The summed E-state index contributed by atoms with van der Waals surface area (Å²) < 4.78 is 0. The fourth-order valence-electron chi connectivity index (χ4n) is 2.03. The van der Waals surface area contributed by atoms with Crippen LogP contribution in [0, 0.1) is 0 Å². The molecule has 2 rings (SSSR count). The summed E-state index contributed by atoms with van der Waals surface area (Å²) in [5.41, 5.74) is 1.07. The van der Waals surface area contributed by atoms with E-state index in [1.807, 2.05) is 36.1 Å². The first kappa shape index (κ1) is 11.8. The molecule has 1 amide bonds. The van der Waals surface area contributed by atoms with Gasteiger partial charge < -0.3 is 4.90 Å². The number of carbonyl (C=O) groups excluding carboxylic acids is 1. The molecule has 4 heteroatoms. The molecule has 0 radical (unpaired) electrons. The van der Waals surface area contributed by atoms with Gasteiger partial charge in [0.15, 0.2) is 0 Å². The van der Waals surface area contributed by atoms with Gasteiger partial charge in [0.25, 0.3) is 0 Å². The first-order chi connectivity index (χ1) is 7.58. The van der Waals surface area contributed by atoms with Crippen molar-refractivity contribution in [1.82, 2.24) is 4.90 Å². The average Bonchev–Trinajstić information content (AvgIpc) is 2.57. The van der Waals surface area contributed by atoms with Gasteiger partial charge in [0.2, 0.25) is 5.91 Å². The Morgan fingerprint density at radius 3 is 2.88 bits per heavy atom. The molecule has 1 aliphatic rings. The van der Waals surface area contributed by atoms with Crippen LogP contribution in [0.5, 0.6) is 0 Å². The minimum atomic E-state index is 0.0725. The third-order valence-corrected chi connectivity index (χ3v) is 3.52. The summed E-state index contributed by atoms with van der Waals surface area (Å²) in [7, 11) is 0. The summed E-state index contributed by atoms with van der Waals surface area (Å²) in [6.07, 6.45) is 0.536. The third-order valence-electron chi connectivity index (χ3n) is 2.94. The lowest BCUT2D eigenvalue weighted by molar-refractivity contribution is -0.129. The minimum Gasteiger partial charge on any atom is -0.335 e. The van der Waals surface area contributed by atoms with Gasteiger partial charge in [-0.1, -0.05) is 23.7 Å². The van der Waals surface area contributed by atoms with Crippen LogP contribution in [0.2, 0.25) is 5.02 Å². The van der Waals surface area contributed by atoms with E-state index < -0.39 is 0 Å². The molecule has 0 saturated carbocycles. The van der Waals surface area contributed by atoms with Crippen molar-refractivity contribution in [3.8, 4) is 0 Å². The maximum Gasteiger partial charge on any atom is 0.224 e. The van der Waals surface area contributed by atoms with Crippen LogP contribution in [0.15, 0.2) is 24.3 Å². The largest absolute Gasteiger partial charge is 0.335 e. The van der Waals surface area contributed by atoms with Crippen molar-refractivity contribution in [3.63, 3.8) is 0 Å². The Balaban J connectivity index is 2.19. The van der Waals surface area contributed by atoms with Crippen molar-refractivity contribution >= 4 is 30.1 Å². The summed E-state index contributed by atoms with van der Waals surface area (Å²) in [5, 5.41) is 0.868. The Labute approximate surface area is 106 Å². The highest BCUT2D eigenvalue weighted by Gasteiger charge is 2.31. The van der Waals surface area contributed by atoms with Gasteiger partial charge in [0, 0.05) is 23.2 Å². The van der Waals surface area contributed by atoms with Crippen LogP contribution in [-0.4, -0.2) is 22.6 Å². The van der Waals surface area contributed by atoms with Gasteiger partial charge in [0.05, 0.1) is 6.04 Å². The highest BCUT2D eigenvalue weighted by molar-refractivity contribution is 7.81. The lowest BCUT2D eigenvalue weighted by atomic mass is 10.1. The van der Waals surface area contributed by atoms with Gasteiger partial charge in [0.1, 0.15) is 0 Å². The van der Waals surface area contributed by atoms with Crippen molar-refractivity contribution in [2.24, 2.45) is 0 Å². The molecule has 2 nitrogen and oxygen atoms in total. The van der Waals surface area contributed by atoms with Gasteiger partial charge >= 0.3 is 0 Å². The fraction of sp³-hybridized carbons (Fsp3) is 0.417. The molecule has 16 heavy (non-hydrogen) atoms. The van der Waals surface area contributed by atoms with Gasteiger partial charge in [-0.3, -0.25) is 4.79 Å². The van der Waals surface area contributed by atoms with Crippen LogP contribution < -0.4 is 0 Å². The molecule has 1 aliphatic heterocycles. The predicted octanol–water partition coefficient (Wildman–Crippen LogP) is 2.93. The van der Waals surface area contributed by atoms with Crippen LogP contribution in [0.1, 0.15) is 24.9 Å². The molecule has 0 aliphatic carbocycles. The second-order valence-electron chi connectivity index (χ2n) is 4.14. The highest BCUT2D eigenvalue weighted by atomic mass is 35.5. The summed E-state index contributed by atoms with van der Waals surface area (Å²) >= 11 is 10.3. The molecule has 1 saturated heterocycles. The lowest BCUT2D eigenvalue weighted by Crippen LogP contribution is -2.28. The van der Waals surface area contributed by atoms with Crippen LogP contribution >= 0.6 is 24.2 Å². The molecular formula is C12H14ClNOS. The maximum atomic E-state index is 11.7. The number of amides is 1. The van der Waals surface area contributed by atoms with Crippen molar-refractivity contribution in [1.29, 1.82) is 0 Å². The molecule has 1 fully saturated rings.